The van der Waals surface area contributed by atoms with Gasteiger partial charge in [-0.3, -0.25) is 14.4 Å². The van der Waals surface area contributed by atoms with Crippen molar-refractivity contribution in [3.8, 4) is 0 Å². The number of carboxylic acid groups (broad SMARTS) is 3. The Kier molecular flexibility index (Phi) is 13.6. The maximum atomic E-state index is 10.1. The molecule has 3 atom stereocenters. The van der Waals surface area contributed by atoms with Crippen molar-refractivity contribution in [2.45, 2.75) is 44.8 Å². The standard InChI is InChI=1S/C5H9NO2.C5H11NO2.C3H7NO2S/c7-5(8)4-2-1-3-6-4;1-3(2)4(6)5(7)8;4-2(1-7)3(5)6/h4,6H,1-3H2,(H,7,8);3-4H,6H2,1-2H3,(H,7,8);2,7H,1,4H2,(H,5,6)/t2*4-;2-/m000/s1. The van der Waals surface area contributed by atoms with E-state index in [0.717, 1.165) is 19.4 Å². The number of carboxylic acids is 3. The second-order valence-electron chi connectivity index (χ2n) is 5.22. The molecule has 0 spiro atoms. The molecule has 0 aromatic heterocycles. The van der Waals surface area contributed by atoms with E-state index in [1.807, 2.05) is 0 Å². The number of hydrogen-bond acceptors (Lipinski definition) is 7. The minimum atomic E-state index is -1.00. The lowest BCUT2D eigenvalue weighted by Crippen LogP contribution is -2.34. The largest absolute Gasteiger partial charge is 0.480 e. The maximum absolute atomic E-state index is 10.1. The van der Waals surface area contributed by atoms with Gasteiger partial charge >= 0.3 is 17.9 Å². The Morgan fingerprint density at radius 1 is 1.17 bits per heavy atom. The molecule has 1 saturated heterocycles. The first-order valence-electron chi connectivity index (χ1n) is 7.08. The molecule has 0 saturated carbocycles. The van der Waals surface area contributed by atoms with Crippen LogP contribution in [0.3, 0.4) is 0 Å². The van der Waals surface area contributed by atoms with E-state index >= 15 is 0 Å². The Bertz CT molecular complexity index is 363. The zero-order valence-electron chi connectivity index (χ0n) is 13.3. The Morgan fingerprint density at radius 3 is 1.78 bits per heavy atom. The summed E-state index contributed by atoms with van der Waals surface area (Å²) in [6.45, 7) is 4.41. The van der Waals surface area contributed by atoms with Gasteiger partial charge in [0.25, 0.3) is 0 Å². The third-order valence-electron chi connectivity index (χ3n) is 2.88. The van der Waals surface area contributed by atoms with Crippen LogP contribution in [-0.4, -0.2) is 63.7 Å². The third kappa shape index (κ3) is 12.8. The smallest absolute Gasteiger partial charge is 0.321 e. The predicted octanol–water partition coefficient (Wildman–Crippen LogP) is -0.795. The van der Waals surface area contributed by atoms with Crippen LogP contribution in [0, 0.1) is 5.92 Å². The van der Waals surface area contributed by atoms with Gasteiger partial charge in [0.1, 0.15) is 18.1 Å². The quantitative estimate of drug-likeness (QED) is 0.312. The van der Waals surface area contributed by atoms with Crippen LogP contribution in [0.25, 0.3) is 0 Å². The summed E-state index contributed by atoms with van der Waals surface area (Å²) in [6.07, 6.45) is 1.78. The minimum absolute atomic E-state index is 0.0208. The average molecular weight is 353 g/mol. The molecular weight excluding hydrogens is 326 g/mol. The van der Waals surface area contributed by atoms with Gasteiger partial charge in [0.05, 0.1) is 0 Å². The van der Waals surface area contributed by atoms with E-state index in [0.29, 0.717) is 0 Å². The molecule has 0 bridgehead atoms. The van der Waals surface area contributed by atoms with E-state index in [-0.39, 0.29) is 17.7 Å². The second kappa shape index (κ2) is 13.1. The highest BCUT2D eigenvalue weighted by Gasteiger charge is 2.20. The summed E-state index contributed by atoms with van der Waals surface area (Å²) in [5, 5.41) is 27.4. The van der Waals surface area contributed by atoms with Crippen LogP contribution >= 0.6 is 12.6 Å². The number of thiol groups is 1. The third-order valence-corrected chi connectivity index (χ3v) is 3.27. The average Bonchev–Trinajstić information content (AvgIpc) is 3.01. The van der Waals surface area contributed by atoms with Gasteiger partial charge in [-0.1, -0.05) is 13.8 Å². The van der Waals surface area contributed by atoms with E-state index in [1.165, 1.54) is 0 Å². The van der Waals surface area contributed by atoms with Crippen LogP contribution in [0.1, 0.15) is 26.7 Å². The molecule has 1 heterocycles. The minimum Gasteiger partial charge on any atom is -0.480 e. The highest BCUT2D eigenvalue weighted by Crippen LogP contribution is 2.03. The number of rotatable bonds is 5. The van der Waals surface area contributed by atoms with Crippen LogP contribution in [0.15, 0.2) is 0 Å². The fraction of sp³-hybridized carbons (Fsp3) is 0.769. The molecule has 1 aliphatic heterocycles. The summed E-state index contributed by atoms with van der Waals surface area (Å²) in [7, 11) is 0. The van der Waals surface area contributed by atoms with Gasteiger partial charge < -0.3 is 32.1 Å². The highest BCUT2D eigenvalue weighted by molar-refractivity contribution is 7.80. The van der Waals surface area contributed by atoms with Crippen molar-refractivity contribution < 1.29 is 29.7 Å². The summed E-state index contributed by atoms with van der Waals surface area (Å²) in [5.74, 6) is -2.44. The van der Waals surface area contributed by atoms with E-state index in [9.17, 15) is 14.4 Å². The number of carbonyl (C=O) groups is 3. The van der Waals surface area contributed by atoms with Crippen LogP contribution < -0.4 is 16.8 Å². The first kappa shape index (κ1) is 23.9. The normalized spacial score (nSPS) is 18.8. The predicted molar refractivity (Wildman–Crippen MR) is 88.6 cm³/mol. The van der Waals surface area contributed by atoms with Gasteiger partial charge in [0, 0.05) is 5.75 Å². The van der Waals surface area contributed by atoms with Crippen LogP contribution in [0.4, 0.5) is 0 Å². The molecule has 136 valence electrons. The van der Waals surface area contributed by atoms with Gasteiger partial charge in [-0.15, -0.1) is 0 Å². The summed E-state index contributed by atoms with van der Waals surface area (Å²) < 4.78 is 0. The Morgan fingerprint density at radius 2 is 1.70 bits per heavy atom. The Balaban J connectivity index is 0. The van der Waals surface area contributed by atoms with Crippen molar-refractivity contribution in [3.05, 3.63) is 0 Å². The molecule has 0 aliphatic carbocycles. The van der Waals surface area contributed by atoms with Crippen molar-refractivity contribution in [3.63, 3.8) is 0 Å². The van der Waals surface area contributed by atoms with E-state index in [1.54, 1.807) is 13.8 Å². The van der Waals surface area contributed by atoms with Crippen molar-refractivity contribution in [1.29, 1.82) is 0 Å². The molecule has 0 aromatic carbocycles. The van der Waals surface area contributed by atoms with Crippen molar-refractivity contribution >= 4 is 30.5 Å². The van der Waals surface area contributed by atoms with Gasteiger partial charge in [0.15, 0.2) is 0 Å². The van der Waals surface area contributed by atoms with Crippen LogP contribution in [-0.2, 0) is 14.4 Å². The number of nitrogens with two attached hydrogens (primary N) is 2. The second-order valence-corrected chi connectivity index (χ2v) is 5.59. The van der Waals surface area contributed by atoms with E-state index in [2.05, 4.69) is 17.9 Å². The molecule has 8 N–H and O–H groups in total. The van der Waals surface area contributed by atoms with Crippen LogP contribution in [0.2, 0.25) is 0 Å². The molecule has 10 heteroatoms. The molecule has 0 aromatic rings. The molecule has 23 heavy (non-hydrogen) atoms. The van der Waals surface area contributed by atoms with E-state index in [4.69, 9.17) is 26.8 Å². The van der Waals surface area contributed by atoms with Crippen molar-refractivity contribution in [1.82, 2.24) is 5.32 Å². The summed E-state index contributed by atoms with van der Waals surface area (Å²) in [6, 6.07) is -1.80. The Hall–Kier alpha value is -1.36. The molecule has 1 fully saturated rings. The first-order valence-corrected chi connectivity index (χ1v) is 7.71. The lowest BCUT2D eigenvalue weighted by molar-refractivity contribution is -0.140. The lowest BCUT2D eigenvalue weighted by atomic mass is 10.1. The van der Waals surface area contributed by atoms with E-state index < -0.39 is 30.0 Å². The zero-order valence-corrected chi connectivity index (χ0v) is 14.2. The highest BCUT2D eigenvalue weighted by atomic mass is 32.1. The van der Waals surface area contributed by atoms with Gasteiger partial charge in [-0.2, -0.15) is 12.6 Å². The molecule has 0 radical (unpaired) electrons. The molecular formula is C13H27N3O6S. The maximum Gasteiger partial charge on any atom is 0.321 e. The van der Waals surface area contributed by atoms with Crippen LogP contribution in [0.5, 0.6) is 0 Å². The molecule has 0 unspecified atom stereocenters. The van der Waals surface area contributed by atoms with Crippen molar-refractivity contribution in [2.24, 2.45) is 17.4 Å². The summed E-state index contributed by atoms with van der Waals surface area (Å²) in [5.41, 5.74) is 10.1. The number of nitrogens with one attached hydrogen (secondary N) is 1. The topological polar surface area (TPSA) is 176 Å². The van der Waals surface area contributed by atoms with Crippen molar-refractivity contribution in [2.75, 3.05) is 12.3 Å². The number of aliphatic carboxylic acids is 3. The lowest BCUT2D eigenvalue weighted by Gasteiger charge is -2.07. The molecule has 9 nitrogen and oxygen atoms in total. The molecule has 0 amide bonds. The fourth-order valence-corrected chi connectivity index (χ4v) is 1.41. The molecule has 1 aliphatic rings. The summed E-state index contributed by atoms with van der Waals surface area (Å²) in [4.78, 5) is 29.9. The van der Waals surface area contributed by atoms with Gasteiger partial charge in [-0.05, 0) is 25.3 Å². The van der Waals surface area contributed by atoms with Gasteiger partial charge in [-0.25, -0.2) is 0 Å². The van der Waals surface area contributed by atoms with Gasteiger partial charge in [0.2, 0.25) is 0 Å². The number of hydrogen-bond donors (Lipinski definition) is 7. The molecule has 1 rings (SSSR count). The first-order chi connectivity index (χ1) is 10.5. The zero-order chi connectivity index (χ0) is 18.6. The fourth-order valence-electron chi connectivity index (χ4n) is 1.26. The summed E-state index contributed by atoms with van der Waals surface area (Å²) >= 11 is 3.65. The Labute approximate surface area is 140 Å². The SMILES string of the molecule is CC(C)[C@H](N)C(=O)O.N[C@@H](CS)C(=O)O.O=C(O)[C@@H]1CCCN1. The monoisotopic (exact) mass is 353 g/mol.